The molecule has 4 heteroatoms. The number of nitrogens with one attached hydrogen (secondary N) is 1. The topological polar surface area (TPSA) is 72.2 Å². The first-order valence-electron chi connectivity index (χ1n) is 3.93. The lowest BCUT2D eigenvalue weighted by molar-refractivity contribution is 0.251. The van der Waals surface area contributed by atoms with E-state index in [1.165, 1.54) is 6.08 Å². The van der Waals surface area contributed by atoms with E-state index in [1.807, 2.05) is 18.2 Å². The monoisotopic (exact) mass is 189 g/mol. The lowest BCUT2D eigenvalue weighted by Crippen LogP contribution is -2.29. The molecule has 0 saturated carbocycles. The standard InChI is InChI=1S/C10H9N2O2/c11-10(14)12-9(7-13)6-8-4-2-1-3-5-8/h1-6H,(H3,11,12,14). The van der Waals surface area contributed by atoms with E-state index in [0.717, 1.165) is 5.56 Å². The Morgan fingerprint density at radius 1 is 1.36 bits per heavy atom. The lowest BCUT2D eigenvalue weighted by Gasteiger charge is -1.98. The molecule has 0 spiro atoms. The van der Waals surface area contributed by atoms with Crippen molar-refractivity contribution < 1.29 is 9.59 Å². The van der Waals surface area contributed by atoms with Gasteiger partial charge < -0.3 is 11.1 Å². The van der Waals surface area contributed by atoms with Gasteiger partial charge in [-0.15, -0.1) is 0 Å². The van der Waals surface area contributed by atoms with Crippen LogP contribution in [0.15, 0.2) is 36.0 Å². The molecule has 0 aliphatic rings. The number of hydrogen-bond acceptors (Lipinski definition) is 2. The zero-order valence-electron chi connectivity index (χ0n) is 7.36. The smallest absolute Gasteiger partial charge is 0.316 e. The molecule has 1 radical (unpaired) electrons. The summed E-state index contributed by atoms with van der Waals surface area (Å²) < 4.78 is 0. The Morgan fingerprint density at radius 2 is 2.00 bits per heavy atom. The first kappa shape index (κ1) is 9.98. The molecule has 0 aliphatic heterocycles. The summed E-state index contributed by atoms with van der Waals surface area (Å²) in [6.07, 6.45) is 3.06. The number of hydrogen-bond donors (Lipinski definition) is 2. The second kappa shape index (κ2) is 4.81. The van der Waals surface area contributed by atoms with Crippen LogP contribution in [0, 0.1) is 0 Å². The van der Waals surface area contributed by atoms with Gasteiger partial charge in [-0.1, -0.05) is 30.3 Å². The predicted octanol–water partition coefficient (Wildman–Crippen LogP) is 0.806. The van der Waals surface area contributed by atoms with E-state index >= 15 is 0 Å². The summed E-state index contributed by atoms with van der Waals surface area (Å²) >= 11 is 0. The second-order valence-corrected chi connectivity index (χ2v) is 2.56. The van der Waals surface area contributed by atoms with E-state index in [4.69, 9.17) is 5.73 Å². The average Bonchev–Trinajstić information content (AvgIpc) is 2.17. The van der Waals surface area contributed by atoms with Crippen molar-refractivity contribution in [3.8, 4) is 0 Å². The fourth-order valence-corrected chi connectivity index (χ4v) is 0.940. The van der Waals surface area contributed by atoms with Crippen LogP contribution >= 0.6 is 0 Å². The molecule has 0 bridgehead atoms. The molecule has 0 unspecified atom stereocenters. The summed E-state index contributed by atoms with van der Waals surface area (Å²) in [6, 6.07) is 8.29. The van der Waals surface area contributed by atoms with Crippen molar-refractivity contribution in [2.75, 3.05) is 0 Å². The van der Waals surface area contributed by atoms with Crippen molar-refractivity contribution in [2.45, 2.75) is 0 Å². The minimum Gasteiger partial charge on any atom is -0.351 e. The van der Waals surface area contributed by atoms with Crippen molar-refractivity contribution in [2.24, 2.45) is 5.73 Å². The number of rotatable bonds is 3. The molecule has 0 fully saturated rings. The maximum atomic E-state index is 10.5. The Labute approximate surface area is 81.4 Å². The highest BCUT2D eigenvalue weighted by Crippen LogP contribution is 2.02. The number of benzene rings is 1. The molecule has 1 aromatic carbocycles. The van der Waals surface area contributed by atoms with Gasteiger partial charge in [-0.3, -0.25) is 4.79 Å². The van der Waals surface area contributed by atoms with E-state index in [0.29, 0.717) is 0 Å². The van der Waals surface area contributed by atoms with Crippen LogP contribution < -0.4 is 11.1 Å². The number of allylic oxidation sites excluding steroid dienone is 1. The second-order valence-electron chi connectivity index (χ2n) is 2.56. The van der Waals surface area contributed by atoms with Gasteiger partial charge >= 0.3 is 6.03 Å². The molecule has 0 saturated heterocycles. The molecular formula is C10H9N2O2. The van der Waals surface area contributed by atoms with E-state index < -0.39 is 6.03 Å². The Kier molecular flexibility index (Phi) is 3.43. The normalized spacial score (nSPS) is 10.7. The fourth-order valence-electron chi connectivity index (χ4n) is 0.940. The number of urea groups is 1. The van der Waals surface area contributed by atoms with Crippen LogP contribution in [0.3, 0.4) is 0 Å². The Hall–Kier alpha value is -2.10. The number of carbonyl (C=O) groups excluding carboxylic acids is 2. The summed E-state index contributed by atoms with van der Waals surface area (Å²) in [7, 11) is 0. The average molecular weight is 189 g/mol. The molecule has 14 heavy (non-hydrogen) atoms. The van der Waals surface area contributed by atoms with Crippen molar-refractivity contribution in [1.82, 2.24) is 5.32 Å². The van der Waals surface area contributed by atoms with Gasteiger partial charge in [0.15, 0.2) is 0 Å². The molecule has 1 aromatic rings. The number of nitrogens with two attached hydrogens (primary N) is 1. The van der Waals surface area contributed by atoms with Crippen LogP contribution in [0.2, 0.25) is 0 Å². The highest BCUT2D eigenvalue weighted by Gasteiger charge is 1.98. The quantitative estimate of drug-likeness (QED) is 0.690. The Balaban J connectivity index is 2.84. The minimum absolute atomic E-state index is 0.0173. The third-order valence-corrected chi connectivity index (χ3v) is 1.48. The zero-order chi connectivity index (χ0) is 10.4. The van der Waals surface area contributed by atoms with Crippen LogP contribution in [0.1, 0.15) is 5.56 Å². The summed E-state index contributed by atoms with van der Waals surface area (Å²) in [4.78, 5) is 20.8. The van der Waals surface area contributed by atoms with Gasteiger partial charge in [-0.05, 0) is 11.6 Å². The van der Waals surface area contributed by atoms with Crippen molar-refractivity contribution in [3.63, 3.8) is 0 Å². The van der Waals surface area contributed by atoms with Crippen molar-refractivity contribution in [3.05, 3.63) is 41.6 Å². The van der Waals surface area contributed by atoms with Gasteiger partial charge in [0.1, 0.15) is 0 Å². The molecule has 2 amide bonds. The molecule has 0 aromatic heterocycles. The predicted molar refractivity (Wildman–Crippen MR) is 52.8 cm³/mol. The van der Waals surface area contributed by atoms with Gasteiger partial charge in [0, 0.05) is 0 Å². The summed E-state index contributed by atoms with van der Waals surface area (Å²) in [5, 5.41) is 2.15. The third-order valence-electron chi connectivity index (χ3n) is 1.48. The molecule has 1 rings (SSSR count). The van der Waals surface area contributed by atoms with Crippen LogP contribution in [0.25, 0.3) is 6.08 Å². The Bertz CT molecular complexity index is 358. The lowest BCUT2D eigenvalue weighted by atomic mass is 10.2. The summed E-state index contributed by atoms with van der Waals surface area (Å²) in [5.41, 5.74) is 5.66. The van der Waals surface area contributed by atoms with Crippen LogP contribution in [0.4, 0.5) is 4.79 Å². The molecule has 0 atom stereocenters. The maximum absolute atomic E-state index is 10.5. The van der Waals surface area contributed by atoms with Crippen LogP contribution in [-0.2, 0) is 4.79 Å². The fraction of sp³-hybridized carbons (Fsp3) is 0. The minimum atomic E-state index is -0.782. The van der Waals surface area contributed by atoms with Gasteiger partial charge in [0.05, 0.1) is 5.70 Å². The Morgan fingerprint density at radius 3 is 2.50 bits per heavy atom. The number of primary amides is 1. The highest BCUT2D eigenvalue weighted by molar-refractivity contribution is 5.88. The molecule has 0 aliphatic carbocycles. The third kappa shape index (κ3) is 3.10. The van der Waals surface area contributed by atoms with E-state index in [-0.39, 0.29) is 5.70 Å². The zero-order valence-corrected chi connectivity index (χ0v) is 7.36. The number of carbonyl (C=O) groups is 1. The van der Waals surface area contributed by atoms with Gasteiger partial charge in [-0.25, -0.2) is 4.79 Å². The molecule has 3 N–H and O–H groups in total. The van der Waals surface area contributed by atoms with Gasteiger partial charge in [-0.2, -0.15) is 0 Å². The van der Waals surface area contributed by atoms with Crippen LogP contribution in [-0.4, -0.2) is 12.3 Å². The maximum Gasteiger partial charge on any atom is 0.316 e. The van der Waals surface area contributed by atoms with Gasteiger partial charge in [0.25, 0.3) is 6.29 Å². The number of amides is 2. The van der Waals surface area contributed by atoms with E-state index in [2.05, 4.69) is 5.32 Å². The summed E-state index contributed by atoms with van der Waals surface area (Å²) in [6.45, 7) is 0. The van der Waals surface area contributed by atoms with Crippen molar-refractivity contribution in [1.29, 1.82) is 0 Å². The molecular weight excluding hydrogens is 180 g/mol. The van der Waals surface area contributed by atoms with E-state index in [1.54, 1.807) is 18.4 Å². The first-order valence-corrected chi connectivity index (χ1v) is 3.93. The SMILES string of the molecule is NC(=O)NC([C]=O)=Cc1ccccc1. The highest BCUT2D eigenvalue weighted by atomic mass is 16.2. The summed E-state index contributed by atoms with van der Waals surface area (Å²) in [5.74, 6) is 0. The van der Waals surface area contributed by atoms with E-state index in [9.17, 15) is 9.59 Å². The van der Waals surface area contributed by atoms with Crippen LogP contribution in [0.5, 0.6) is 0 Å². The molecule has 4 nitrogen and oxygen atoms in total. The van der Waals surface area contributed by atoms with Crippen molar-refractivity contribution >= 4 is 18.4 Å². The molecule has 71 valence electrons. The largest absolute Gasteiger partial charge is 0.351 e. The first-order chi connectivity index (χ1) is 6.72. The molecule has 0 heterocycles. The van der Waals surface area contributed by atoms with Gasteiger partial charge in [0.2, 0.25) is 0 Å².